The minimum Gasteiger partial charge on any atom is -0.478 e. The summed E-state index contributed by atoms with van der Waals surface area (Å²) in [7, 11) is 0. The lowest BCUT2D eigenvalue weighted by Crippen LogP contribution is -1.99. The van der Waals surface area contributed by atoms with Crippen LogP contribution in [0.1, 0.15) is 26.2 Å². The van der Waals surface area contributed by atoms with Crippen molar-refractivity contribution in [2.45, 2.75) is 26.2 Å². The van der Waals surface area contributed by atoms with Crippen molar-refractivity contribution < 1.29 is 9.90 Å². The molecule has 11 heavy (non-hydrogen) atoms. The first-order chi connectivity index (χ1) is 5.22. The van der Waals surface area contributed by atoms with Crippen LogP contribution in [0, 0.1) is 0 Å². The largest absolute Gasteiger partial charge is 0.478 e. The molecule has 0 saturated carbocycles. The molecule has 0 bridgehead atoms. The van der Waals surface area contributed by atoms with Crippen molar-refractivity contribution in [3.63, 3.8) is 0 Å². The van der Waals surface area contributed by atoms with E-state index in [2.05, 4.69) is 6.58 Å². The van der Waals surface area contributed by atoms with Crippen molar-refractivity contribution in [3.05, 3.63) is 24.3 Å². The number of carboxylic acid groups (broad SMARTS) is 1. The van der Waals surface area contributed by atoms with Gasteiger partial charge < -0.3 is 5.11 Å². The molecule has 0 radical (unpaired) electrons. The third-order valence-corrected chi connectivity index (χ3v) is 1.48. The summed E-state index contributed by atoms with van der Waals surface area (Å²) in [5.74, 6) is -0.809. The minimum atomic E-state index is -0.809. The van der Waals surface area contributed by atoms with Crippen LogP contribution >= 0.6 is 0 Å². The van der Waals surface area contributed by atoms with Crippen LogP contribution < -0.4 is 0 Å². The van der Waals surface area contributed by atoms with Gasteiger partial charge in [0, 0.05) is 5.57 Å². The molecule has 0 rings (SSSR count). The van der Waals surface area contributed by atoms with Crippen molar-refractivity contribution >= 4 is 5.97 Å². The van der Waals surface area contributed by atoms with Gasteiger partial charge in [-0.1, -0.05) is 12.2 Å². The number of carboxylic acids is 1. The predicted octanol–water partition coefficient (Wildman–Crippen LogP) is 2.37. The monoisotopic (exact) mass is 154 g/mol. The lowest BCUT2D eigenvalue weighted by Gasteiger charge is -1.97. The molecule has 2 nitrogen and oxygen atoms in total. The van der Waals surface area contributed by atoms with Crippen LogP contribution in [-0.4, -0.2) is 11.1 Å². The van der Waals surface area contributed by atoms with E-state index >= 15 is 0 Å². The Balaban J connectivity index is 3.72. The Hall–Kier alpha value is -1.05. The highest BCUT2D eigenvalue weighted by molar-refractivity contribution is 5.86. The molecule has 0 aliphatic heterocycles. The summed E-state index contributed by atoms with van der Waals surface area (Å²) in [6, 6.07) is 0. The van der Waals surface area contributed by atoms with Gasteiger partial charge >= 0.3 is 5.97 Å². The molecule has 1 N–H and O–H groups in total. The highest BCUT2D eigenvalue weighted by Gasteiger charge is 2.03. The van der Waals surface area contributed by atoms with E-state index in [1.165, 1.54) is 0 Å². The van der Waals surface area contributed by atoms with E-state index in [0.717, 1.165) is 12.8 Å². The number of allylic oxidation sites excluding steroid dienone is 2. The molecule has 0 heterocycles. The Morgan fingerprint density at radius 2 is 2.27 bits per heavy atom. The number of carbonyl (C=O) groups is 1. The first-order valence-corrected chi connectivity index (χ1v) is 3.71. The van der Waals surface area contributed by atoms with Gasteiger partial charge in [0.1, 0.15) is 0 Å². The van der Waals surface area contributed by atoms with E-state index in [4.69, 9.17) is 5.11 Å². The van der Waals surface area contributed by atoms with Crippen molar-refractivity contribution in [1.82, 2.24) is 0 Å². The minimum absolute atomic E-state index is 0.492. The van der Waals surface area contributed by atoms with Crippen molar-refractivity contribution in [2.24, 2.45) is 0 Å². The number of unbranched alkanes of at least 4 members (excludes halogenated alkanes) is 1. The molecule has 0 saturated heterocycles. The Morgan fingerprint density at radius 1 is 1.64 bits per heavy atom. The Bertz CT molecular complexity index is 168. The van der Waals surface area contributed by atoms with Gasteiger partial charge in [-0.25, -0.2) is 4.79 Å². The number of rotatable bonds is 5. The first-order valence-electron chi connectivity index (χ1n) is 3.71. The molecule has 0 atom stereocenters. The van der Waals surface area contributed by atoms with Gasteiger partial charge in [-0.3, -0.25) is 0 Å². The molecule has 0 unspecified atom stereocenters. The standard InChI is InChI=1S/C9H14O2/c1-3-5-6-7-8(4-2)9(10)11/h3-4H,1,5-7H2,2H3,(H,10,11). The van der Waals surface area contributed by atoms with Gasteiger partial charge in [-0.05, 0) is 26.2 Å². The molecular weight excluding hydrogens is 140 g/mol. The summed E-state index contributed by atoms with van der Waals surface area (Å²) in [4.78, 5) is 10.4. The predicted molar refractivity (Wildman–Crippen MR) is 45.4 cm³/mol. The number of aliphatic carboxylic acids is 1. The van der Waals surface area contributed by atoms with Crippen molar-refractivity contribution in [2.75, 3.05) is 0 Å². The van der Waals surface area contributed by atoms with Gasteiger partial charge in [0.2, 0.25) is 0 Å². The maximum Gasteiger partial charge on any atom is 0.331 e. The van der Waals surface area contributed by atoms with E-state index in [0.29, 0.717) is 12.0 Å². The second kappa shape index (κ2) is 5.71. The fourth-order valence-electron chi connectivity index (χ4n) is 0.812. The highest BCUT2D eigenvalue weighted by atomic mass is 16.4. The highest BCUT2D eigenvalue weighted by Crippen LogP contribution is 2.07. The first kappa shape index (κ1) is 9.95. The van der Waals surface area contributed by atoms with Crippen LogP contribution in [0.5, 0.6) is 0 Å². The Labute approximate surface area is 67.2 Å². The molecular formula is C9H14O2. The van der Waals surface area contributed by atoms with E-state index in [1.54, 1.807) is 19.1 Å². The maximum atomic E-state index is 10.4. The zero-order chi connectivity index (χ0) is 8.69. The van der Waals surface area contributed by atoms with E-state index < -0.39 is 5.97 Å². The molecule has 0 spiro atoms. The fraction of sp³-hybridized carbons (Fsp3) is 0.444. The third-order valence-electron chi connectivity index (χ3n) is 1.48. The van der Waals surface area contributed by atoms with Crippen LogP contribution in [0.3, 0.4) is 0 Å². The van der Waals surface area contributed by atoms with Crippen molar-refractivity contribution in [3.8, 4) is 0 Å². The third kappa shape index (κ3) is 4.37. The average Bonchev–Trinajstić information content (AvgIpc) is 1.97. The van der Waals surface area contributed by atoms with E-state index in [9.17, 15) is 4.79 Å². The Kier molecular flexibility index (Phi) is 5.17. The molecule has 0 aliphatic carbocycles. The molecule has 0 aromatic rings. The smallest absolute Gasteiger partial charge is 0.331 e. The quantitative estimate of drug-likeness (QED) is 0.375. The van der Waals surface area contributed by atoms with Gasteiger partial charge in [0.25, 0.3) is 0 Å². The normalized spacial score (nSPS) is 11.2. The van der Waals surface area contributed by atoms with Crippen LogP contribution in [0.25, 0.3) is 0 Å². The summed E-state index contributed by atoms with van der Waals surface area (Å²) in [5, 5.41) is 8.58. The SMILES string of the molecule is C=CCCCC(=CC)C(=O)O. The second-order valence-corrected chi connectivity index (χ2v) is 2.30. The van der Waals surface area contributed by atoms with Gasteiger partial charge in [0.05, 0.1) is 0 Å². The lowest BCUT2D eigenvalue weighted by atomic mass is 10.1. The molecule has 62 valence electrons. The van der Waals surface area contributed by atoms with Crippen molar-refractivity contribution in [1.29, 1.82) is 0 Å². The summed E-state index contributed by atoms with van der Waals surface area (Å²) >= 11 is 0. The van der Waals surface area contributed by atoms with Crippen LogP contribution in [-0.2, 0) is 4.79 Å². The molecule has 0 fully saturated rings. The number of hydrogen-bond donors (Lipinski definition) is 1. The van der Waals surface area contributed by atoms with Gasteiger partial charge in [-0.2, -0.15) is 0 Å². The van der Waals surface area contributed by atoms with Crippen LogP contribution in [0.4, 0.5) is 0 Å². The zero-order valence-corrected chi connectivity index (χ0v) is 6.84. The summed E-state index contributed by atoms with van der Waals surface area (Å²) in [6.45, 7) is 5.31. The second-order valence-electron chi connectivity index (χ2n) is 2.30. The number of hydrogen-bond acceptors (Lipinski definition) is 1. The van der Waals surface area contributed by atoms with Gasteiger partial charge in [0.15, 0.2) is 0 Å². The fourth-order valence-corrected chi connectivity index (χ4v) is 0.812. The average molecular weight is 154 g/mol. The summed E-state index contributed by atoms with van der Waals surface area (Å²) in [5.41, 5.74) is 0.492. The molecule has 0 aromatic heterocycles. The molecule has 0 aromatic carbocycles. The molecule has 0 amide bonds. The lowest BCUT2D eigenvalue weighted by molar-refractivity contribution is -0.132. The van der Waals surface area contributed by atoms with E-state index in [-0.39, 0.29) is 0 Å². The van der Waals surface area contributed by atoms with Gasteiger partial charge in [-0.15, -0.1) is 6.58 Å². The molecule has 0 aliphatic rings. The maximum absolute atomic E-state index is 10.4. The summed E-state index contributed by atoms with van der Waals surface area (Å²) in [6.07, 6.45) is 5.83. The summed E-state index contributed by atoms with van der Waals surface area (Å²) < 4.78 is 0. The van der Waals surface area contributed by atoms with E-state index in [1.807, 2.05) is 0 Å². The topological polar surface area (TPSA) is 37.3 Å². The zero-order valence-electron chi connectivity index (χ0n) is 6.84. The Morgan fingerprint density at radius 3 is 2.64 bits per heavy atom. The van der Waals surface area contributed by atoms with Crippen LogP contribution in [0.2, 0.25) is 0 Å². The molecule has 2 heteroatoms. The van der Waals surface area contributed by atoms with Crippen LogP contribution in [0.15, 0.2) is 24.3 Å².